The number of likely N-dealkylation sites (tertiary alicyclic amines) is 1. The topological polar surface area (TPSA) is 121 Å². The molecule has 3 aromatic heterocycles. The van der Waals surface area contributed by atoms with E-state index in [1.807, 2.05) is 11.9 Å². The van der Waals surface area contributed by atoms with Gasteiger partial charge in [-0.05, 0) is 69.8 Å². The zero-order chi connectivity index (χ0) is 37.8. The van der Waals surface area contributed by atoms with E-state index in [1.54, 1.807) is 6.92 Å². The Labute approximate surface area is 307 Å². The van der Waals surface area contributed by atoms with Crippen molar-refractivity contribution in [3.05, 3.63) is 69.3 Å². The number of piperidine rings is 1. The molecule has 54 heavy (non-hydrogen) atoms. The first-order valence-electron chi connectivity index (χ1n) is 18.0. The molecule has 1 N–H and O–H groups in total. The average molecular weight is 747 g/mol. The first-order valence-corrected chi connectivity index (χ1v) is 18.0. The summed E-state index contributed by atoms with van der Waals surface area (Å²) in [6.45, 7) is 4.44. The molecule has 3 unspecified atom stereocenters. The second-order valence-electron chi connectivity index (χ2n) is 14.5. The number of phenols is 1. The third kappa shape index (κ3) is 6.51. The lowest BCUT2D eigenvalue weighted by Crippen LogP contribution is -2.53. The van der Waals surface area contributed by atoms with Crippen LogP contribution in [-0.2, 0) is 13.0 Å². The Balaban J connectivity index is 1.26. The summed E-state index contributed by atoms with van der Waals surface area (Å²) >= 11 is 0. The van der Waals surface area contributed by atoms with Crippen LogP contribution >= 0.6 is 0 Å². The summed E-state index contributed by atoms with van der Waals surface area (Å²) in [5.41, 5.74) is 0.212. The number of hydrogen-bond donors (Lipinski definition) is 1. The maximum atomic E-state index is 17.3. The fraction of sp³-hybridized carbons (Fsp3) is 0.436. The largest absolute Gasteiger partial charge is 0.519 e. The summed E-state index contributed by atoms with van der Waals surface area (Å²) in [5, 5.41) is 11.7. The van der Waals surface area contributed by atoms with Crippen LogP contribution in [-0.4, -0.2) is 88.7 Å². The zero-order valence-corrected chi connectivity index (χ0v) is 29.7. The van der Waals surface area contributed by atoms with Crippen molar-refractivity contribution in [1.29, 1.82) is 0 Å². The molecular weight excluding hydrogens is 708 g/mol. The number of rotatable bonds is 7. The molecule has 5 aromatic rings. The monoisotopic (exact) mass is 746 g/mol. The van der Waals surface area contributed by atoms with Crippen LogP contribution in [0.3, 0.4) is 0 Å². The van der Waals surface area contributed by atoms with Crippen LogP contribution in [0.15, 0.2) is 37.9 Å². The van der Waals surface area contributed by atoms with E-state index in [0.29, 0.717) is 98.8 Å². The number of ether oxygens (including phenoxy) is 1. The Morgan fingerprint density at radius 3 is 2.67 bits per heavy atom. The van der Waals surface area contributed by atoms with Crippen LogP contribution in [0, 0.1) is 42.7 Å². The third-order valence-corrected chi connectivity index (χ3v) is 11.0. The van der Waals surface area contributed by atoms with E-state index in [9.17, 15) is 18.7 Å². The van der Waals surface area contributed by atoms with Gasteiger partial charge < -0.3 is 28.5 Å². The average Bonchev–Trinajstić information content (AvgIpc) is 3.45. The molecule has 15 heteroatoms. The second-order valence-corrected chi connectivity index (χ2v) is 14.5. The van der Waals surface area contributed by atoms with Gasteiger partial charge in [-0.1, -0.05) is 12.0 Å². The SMILES string of the molecule is C#Cc1c(F)ccc2cc(O)cc(-c3nc4c5c(nc(OCC6CN(C)CCC6C(F)F)nc5c3F)N3CCN(Cc5oc(=O)oc5C)CC3CCC4)c12. The minimum absolute atomic E-state index is 0.0918. The summed E-state index contributed by atoms with van der Waals surface area (Å²) in [5.74, 6) is -0.242. The molecule has 8 rings (SSSR count). The lowest BCUT2D eigenvalue weighted by molar-refractivity contribution is -0.0142. The number of phenolic OH excluding ortho intramolecular Hbond substituents is 1. The number of hydrogen-bond acceptors (Lipinski definition) is 11. The van der Waals surface area contributed by atoms with Crippen molar-refractivity contribution in [2.75, 3.05) is 51.3 Å². The van der Waals surface area contributed by atoms with E-state index >= 15 is 8.78 Å². The van der Waals surface area contributed by atoms with Crippen molar-refractivity contribution in [2.24, 2.45) is 11.8 Å². The molecule has 11 nitrogen and oxygen atoms in total. The van der Waals surface area contributed by atoms with Gasteiger partial charge in [-0.15, -0.1) is 6.42 Å². The van der Waals surface area contributed by atoms with Crippen molar-refractivity contribution in [1.82, 2.24) is 24.8 Å². The highest BCUT2D eigenvalue weighted by Gasteiger charge is 2.37. The lowest BCUT2D eigenvalue weighted by atomic mass is 9.86. The fourth-order valence-corrected chi connectivity index (χ4v) is 8.33. The highest BCUT2D eigenvalue weighted by Crippen LogP contribution is 2.42. The van der Waals surface area contributed by atoms with Gasteiger partial charge in [0.25, 0.3) is 0 Å². The normalized spacial score (nSPS) is 20.9. The van der Waals surface area contributed by atoms with Gasteiger partial charge in [-0.3, -0.25) is 4.90 Å². The quantitative estimate of drug-likeness (QED) is 0.158. The molecule has 2 aromatic carbocycles. The molecule has 0 saturated carbocycles. The van der Waals surface area contributed by atoms with Crippen molar-refractivity contribution < 1.29 is 36.2 Å². The number of halogens is 4. The van der Waals surface area contributed by atoms with Crippen LogP contribution in [0.5, 0.6) is 11.8 Å². The molecular formula is C39H38F4N6O5. The smallest absolute Gasteiger partial charge is 0.508 e. The number of aromatic hydroxyl groups is 1. The molecule has 0 radical (unpaired) electrons. The van der Waals surface area contributed by atoms with Gasteiger partial charge in [-0.2, -0.15) is 9.97 Å². The summed E-state index contributed by atoms with van der Waals surface area (Å²) in [4.78, 5) is 32.2. The fourth-order valence-electron chi connectivity index (χ4n) is 8.33. The van der Waals surface area contributed by atoms with Gasteiger partial charge in [-0.25, -0.2) is 27.3 Å². The Morgan fingerprint density at radius 1 is 1.07 bits per heavy atom. The molecule has 6 heterocycles. The number of fused-ring (bicyclic) bond motifs is 3. The number of piperazine rings is 1. The minimum Gasteiger partial charge on any atom is -0.508 e. The van der Waals surface area contributed by atoms with Crippen molar-refractivity contribution in [3.8, 4) is 35.4 Å². The predicted octanol–water partition coefficient (Wildman–Crippen LogP) is 5.90. The van der Waals surface area contributed by atoms with E-state index in [1.165, 1.54) is 24.3 Å². The maximum Gasteiger partial charge on any atom is 0.519 e. The van der Waals surface area contributed by atoms with Gasteiger partial charge in [0.2, 0.25) is 6.43 Å². The highest BCUT2D eigenvalue weighted by molar-refractivity contribution is 6.03. The van der Waals surface area contributed by atoms with Crippen LogP contribution < -0.4 is 15.5 Å². The predicted molar refractivity (Wildman–Crippen MR) is 192 cm³/mol. The van der Waals surface area contributed by atoms with E-state index in [0.717, 1.165) is 0 Å². The standard InChI is InChI=1S/C39H38F4N6O5/c1-4-25-28(40)9-8-21-14-24(50)15-27(31(21)25)34-33(41)35-32-29(44-34)7-5-6-23-17-48(18-30-20(2)53-39(51)54-30)12-13-49(23)37(32)46-38(45-35)52-19-22-16-47(3)11-10-26(22)36(42)43/h1,8-9,14-15,22-23,26,36,50H,5-7,10-13,16-19H2,2-3H3. The van der Waals surface area contributed by atoms with E-state index < -0.39 is 35.7 Å². The van der Waals surface area contributed by atoms with E-state index in [2.05, 4.69) is 20.7 Å². The number of nitrogens with zero attached hydrogens (tertiary/aromatic N) is 6. The van der Waals surface area contributed by atoms with Gasteiger partial charge in [0.15, 0.2) is 11.6 Å². The summed E-state index contributed by atoms with van der Waals surface area (Å²) in [7, 11) is 1.87. The molecule has 3 atom stereocenters. The first kappa shape index (κ1) is 35.8. The number of aromatic nitrogens is 3. The summed E-state index contributed by atoms with van der Waals surface area (Å²) in [6.07, 6.45) is 5.30. The molecule has 0 amide bonds. The van der Waals surface area contributed by atoms with Crippen LogP contribution in [0.2, 0.25) is 0 Å². The Morgan fingerprint density at radius 2 is 1.91 bits per heavy atom. The first-order chi connectivity index (χ1) is 26.0. The maximum absolute atomic E-state index is 17.3. The van der Waals surface area contributed by atoms with Crippen molar-refractivity contribution in [3.63, 3.8) is 0 Å². The molecule has 3 aliphatic rings. The van der Waals surface area contributed by atoms with Crippen LogP contribution in [0.25, 0.3) is 32.9 Å². The number of anilines is 1. The number of terminal acetylenes is 1. The number of pyridine rings is 1. The zero-order valence-electron chi connectivity index (χ0n) is 29.7. The van der Waals surface area contributed by atoms with Crippen LogP contribution in [0.4, 0.5) is 23.4 Å². The number of alkyl halides is 2. The molecule has 2 fully saturated rings. The van der Waals surface area contributed by atoms with Gasteiger partial charge in [0, 0.05) is 55.0 Å². The second kappa shape index (κ2) is 14.2. The Kier molecular flexibility index (Phi) is 9.43. The molecule has 0 bridgehead atoms. The molecule has 0 aliphatic carbocycles. The molecule has 3 aliphatic heterocycles. The Hall–Kier alpha value is -5.20. The molecule has 282 valence electrons. The lowest BCUT2D eigenvalue weighted by Gasteiger charge is -2.43. The number of aryl methyl sites for hydroxylation is 2. The minimum atomic E-state index is -2.53. The van der Waals surface area contributed by atoms with Gasteiger partial charge >= 0.3 is 11.8 Å². The molecule has 0 spiro atoms. The van der Waals surface area contributed by atoms with Gasteiger partial charge in [0.1, 0.15) is 34.4 Å². The van der Waals surface area contributed by atoms with E-state index in [4.69, 9.17) is 30.0 Å². The third-order valence-electron chi connectivity index (χ3n) is 11.0. The van der Waals surface area contributed by atoms with Crippen molar-refractivity contribution >= 4 is 27.5 Å². The highest BCUT2D eigenvalue weighted by atomic mass is 19.3. The summed E-state index contributed by atoms with van der Waals surface area (Å²) < 4.78 is 76.9. The Bertz CT molecular complexity index is 2360. The van der Waals surface area contributed by atoms with Crippen molar-refractivity contribution in [2.45, 2.75) is 51.6 Å². The van der Waals surface area contributed by atoms with Crippen LogP contribution in [0.1, 0.15) is 42.0 Å². The van der Waals surface area contributed by atoms with E-state index in [-0.39, 0.29) is 52.1 Å². The molecule has 2 saturated heterocycles. The number of benzene rings is 2. The van der Waals surface area contributed by atoms with Gasteiger partial charge in [0.05, 0.1) is 29.8 Å². The summed E-state index contributed by atoms with van der Waals surface area (Å²) in [6, 6.07) is 5.10.